The molecule has 0 radical (unpaired) electrons. The van der Waals surface area contributed by atoms with Crippen molar-refractivity contribution in [2.75, 3.05) is 13.1 Å². The first-order chi connectivity index (χ1) is 12.6. The molecule has 1 aliphatic rings. The van der Waals surface area contributed by atoms with Gasteiger partial charge < -0.3 is 5.11 Å². The molecule has 0 amide bonds. The zero-order valence-corrected chi connectivity index (χ0v) is 15.8. The number of hydrogen-bond acceptors (Lipinski definition) is 5. The smallest absolute Gasteiger partial charge is 0.230 e. The van der Waals surface area contributed by atoms with E-state index < -0.39 is 0 Å². The highest BCUT2D eigenvalue weighted by atomic mass is 32.1. The van der Waals surface area contributed by atoms with E-state index >= 15 is 0 Å². The van der Waals surface area contributed by atoms with Crippen molar-refractivity contribution in [1.82, 2.24) is 19.5 Å². The van der Waals surface area contributed by atoms with Crippen LogP contribution in [0, 0.1) is 11.7 Å². The Morgan fingerprint density at radius 1 is 1.35 bits per heavy atom. The highest BCUT2D eigenvalue weighted by Crippen LogP contribution is 2.41. The van der Waals surface area contributed by atoms with Crippen molar-refractivity contribution in [2.45, 2.75) is 39.2 Å². The van der Waals surface area contributed by atoms with E-state index in [2.05, 4.69) is 21.9 Å². The maximum absolute atomic E-state index is 13.5. The van der Waals surface area contributed by atoms with Gasteiger partial charge in [0.1, 0.15) is 5.82 Å². The molecule has 138 valence electrons. The number of halogens is 1. The summed E-state index contributed by atoms with van der Waals surface area (Å²) in [5.74, 6) is 1.22. The molecule has 1 N–H and O–H groups in total. The quantitative estimate of drug-likeness (QED) is 0.749. The second-order valence-corrected chi connectivity index (χ2v) is 8.07. The van der Waals surface area contributed by atoms with Gasteiger partial charge in [-0.1, -0.05) is 37.3 Å². The monoisotopic (exact) mass is 374 g/mol. The Labute approximate surface area is 156 Å². The predicted octanol–water partition coefficient (Wildman–Crippen LogP) is 4.02. The molecule has 5 nitrogen and oxygen atoms in total. The van der Waals surface area contributed by atoms with Crippen LogP contribution in [0.1, 0.15) is 49.0 Å². The molecule has 1 aliphatic heterocycles. The van der Waals surface area contributed by atoms with Gasteiger partial charge in [0.15, 0.2) is 5.82 Å². The first-order valence-corrected chi connectivity index (χ1v) is 9.95. The van der Waals surface area contributed by atoms with Crippen LogP contribution in [-0.4, -0.2) is 37.7 Å². The lowest BCUT2D eigenvalue weighted by molar-refractivity contribution is 0.149. The maximum Gasteiger partial charge on any atom is 0.230 e. The van der Waals surface area contributed by atoms with Gasteiger partial charge >= 0.3 is 0 Å². The van der Waals surface area contributed by atoms with Crippen molar-refractivity contribution in [2.24, 2.45) is 5.92 Å². The lowest BCUT2D eigenvalue weighted by Gasteiger charge is -2.37. The van der Waals surface area contributed by atoms with Crippen LogP contribution in [0.2, 0.25) is 0 Å². The van der Waals surface area contributed by atoms with Crippen LogP contribution in [0.3, 0.4) is 0 Å². The number of benzene rings is 1. The average Bonchev–Trinajstić information content (AvgIpc) is 3.17. The van der Waals surface area contributed by atoms with Crippen LogP contribution in [-0.2, 0) is 6.42 Å². The number of piperidine rings is 1. The van der Waals surface area contributed by atoms with Crippen molar-refractivity contribution >= 4 is 16.3 Å². The lowest BCUT2D eigenvalue weighted by Crippen LogP contribution is -2.37. The Hall–Kier alpha value is -1.99. The normalized spacial score (nSPS) is 19.9. The number of likely N-dealkylation sites (tertiary alicyclic amines) is 1. The maximum atomic E-state index is 13.5. The van der Waals surface area contributed by atoms with Crippen molar-refractivity contribution < 1.29 is 9.50 Å². The minimum absolute atomic E-state index is 0.114. The molecular weight excluding hydrogens is 351 g/mol. The van der Waals surface area contributed by atoms with Crippen LogP contribution in [0.4, 0.5) is 4.39 Å². The number of rotatable bonds is 4. The molecule has 0 unspecified atom stereocenters. The highest BCUT2D eigenvalue weighted by molar-refractivity contribution is 7.17. The van der Waals surface area contributed by atoms with Gasteiger partial charge in [-0.2, -0.15) is 4.52 Å². The molecule has 3 aromatic rings. The van der Waals surface area contributed by atoms with Gasteiger partial charge in [-0.15, -0.1) is 5.10 Å². The number of hydrogen-bond donors (Lipinski definition) is 1. The molecule has 1 aromatic carbocycles. The van der Waals surface area contributed by atoms with Gasteiger partial charge in [0, 0.05) is 13.0 Å². The summed E-state index contributed by atoms with van der Waals surface area (Å²) < 4.78 is 15.0. The molecule has 0 saturated carbocycles. The highest BCUT2D eigenvalue weighted by Gasteiger charge is 2.31. The molecule has 2 atom stereocenters. The van der Waals surface area contributed by atoms with Crippen molar-refractivity contribution in [3.63, 3.8) is 0 Å². The molecular formula is C19H23FN4OS. The third kappa shape index (κ3) is 3.10. The number of nitrogens with zero attached hydrogens (tertiary/aromatic N) is 4. The van der Waals surface area contributed by atoms with E-state index in [4.69, 9.17) is 0 Å². The fraction of sp³-hybridized carbons (Fsp3) is 0.474. The molecule has 2 aromatic heterocycles. The summed E-state index contributed by atoms with van der Waals surface area (Å²) in [6.07, 6.45) is 3.07. The second kappa shape index (κ2) is 6.96. The zero-order chi connectivity index (χ0) is 18.3. The minimum atomic E-state index is -0.251. The van der Waals surface area contributed by atoms with Crippen LogP contribution < -0.4 is 0 Å². The fourth-order valence-electron chi connectivity index (χ4n) is 3.75. The minimum Gasteiger partial charge on any atom is -0.492 e. The van der Waals surface area contributed by atoms with Gasteiger partial charge in [0.2, 0.25) is 10.8 Å². The summed E-state index contributed by atoms with van der Waals surface area (Å²) >= 11 is 1.47. The first kappa shape index (κ1) is 17.4. The van der Waals surface area contributed by atoms with Crippen LogP contribution in [0.5, 0.6) is 5.88 Å². The Morgan fingerprint density at radius 3 is 2.77 bits per heavy atom. The zero-order valence-electron chi connectivity index (χ0n) is 15.0. The molecule has 1 saturated heterocycles. The Kier molecular flexibility index (Phi) is 4.67. The Bertz CT molecular complexity index is 904. The van der Waals surface area contributed by atoms with Gasteiger partial charge in [-0.05, 0) is 43.0 Å². The van der Waals surface area contributed by atoms with Crippen LogP contribution >= 0.6 is 11.3 Å². The van der Waals surface area contributed by atoms with E-state index in [9.17, 15) is 9.50 Å². The predicted molar refractivity (Wildman–Crippen MR) is 100 cm³/mol. The summed E-state index contributed by atoms with van der Waals surface area (Å²) in [7, 11) is 0. The summed E-state index contributed by atoms with van der Waals surface area (Å²) in [6, 6.07) is 6.48. The molecule has 0 spiro atoms. The molecule has 1 fully saturated rings. The summed E-state index contributed by atoms with van der Waals surface area (Å²) in [5.41, 5.74) is 0.982. The fourth-order valence-corrected chi connectivity index (χ4v) is 4.89. The van der Waals surface area contributed by atoms with Gasteiger partial charge in [-0.25, -0.2) is 9.37 Å². The number of fused-ring (bicyclic) bond motifs is 1. The SMILES string of the molecule is CCc1nc2sc([C@@H](c3ccc(F)cc3)N3CCC[C@@H](C)C3)c(O)n2n1. The number of aryl methyl sites for hydroxylation is 1. The Morgan fingerprint density at radius 2 is 2.12 bits per heavy atom. The summed E-state index contributed by atoms with van der Waals surface area (Å²) in [6.45, 7) is 6.16. The van der Waals surface area contributed by atoms with E-state index in [1.807, 2.05) is 19.1 Å². The van der Waals surface area contributed by atoms with Crippen molar-refractivity contribution in [1.29, 1.82) is 0 Å². The topological polar surface area (TPSA) is 53.7 Å². The number of aromatic nitrogens is 3. The van der Waals surface area contributed by atoms with Gasteiger partial charge in [0.25, 0.3) is 0 Å². The van der Waals surface area contributed by atoms with Crippen molar-refractivity contribution in [3.8, 4) is 5.88 Å². The standard InChI is InChI=1S/C19H23FN4OS/c1-3-15-21-19-24(22-15)18(25)17(26-19)16(13-6-8-14(20)9-7-13)23-10-4-5-12(2)11-23/h6-9,12,16,25H,3-5,10-11H2,1-2H3/t12-,16-/m1/s1. The number of aromatic hydroxyl groups is 1. The average molecular weight is 374 g/mol. The molecule has 26 heavy (non-hydrogen) atoms. The first-order valence-electron chi connectivity index (χ1n) is 9.13. The van der Waals surface area contributed by atoms with Crippen molar-refractivity contribution in [3.05, 3.63) is 46.3 Å². The molecule has 0 bridgehead atoms. The van der Waals surface area contributed by atoms with E-state index in [0.29, 0.717) is 10.9 Å². The van der Waals surface area contributed by atoms with E-state index in [0.717, 1.165) is 42.2 Å². The van der Waals surface area contributed by atoms with Gasteiger partial charge in [-0.3, -0.25) is 4.90 Å². The van der Waals surface area contributed by atoms with E-state index in [1.165, 1.54) is 34.4 Å². The molecule has 7 heteroatoms. The third-order valence-electron chi connectivity index (χ3n) is 5.05. The largest absolute Gasteiger partial charge is 0.492 e. The molecule has 3 heterocycles. The van der Waals surface area contributed by atoms with E-state index in [-0.39, 0.29) is 17.7 Å². The van der Waals surface area contributed by atoms with Crippen LogP contribution in [0.25, 0.3) is 4.96 Å². The van der Waals surface area contributed by atoms with Gasteiger partial charge in [0.05, 0.1) is 10.9 Å². The number of thiazole rings is 1. The summed E-state index contributed by atoms with van der Waals surface area (Å²) in [4.78, 5) is 8.40. The Balaban J connectivity index is 1.80. The molecule has 0 aliphatic carbocycles. The lowest BCUT2D eigenvalue weighted by atomic mass is 9.95. The summed E-state index contributed by atoms with van der Waals surface area (Å²) in [5, 5.41) is 15.2. The molecule has 4 rings (SSSR count). The second-order valence-electron chi connectivity index (χ2n) is 7.06. The van der Waals surface area contributed by atoms with Crippen LogP contribution in [0.15, 0.2) is 24.3 Å². The van der Waals surface area contributed by atoms with E-state index in [1.54, 1.807) is 0 Å². The third-order valence-corrected chi connectivity index (χ3v) is 6.12.